The van der Waals surface area contributed by atoms with E-state index in [0.29, 0.717) is 24.6 Å². The minimum absolute atomic E-state index is 0.210. The standard InChI is InChI=1S/C14H18N4O4/c1-20-8-10-6-9(17-18-10)7-15-13(19)11-4-5-12(21-2)16-14(11)22-3/h4-6H,7-8H2,1-3H3,(H,15,19)(H,17,18). The first kappa shape index (κ1) is 15.8. The lowest BCUT2D eigenvalue weighted by Crippen LogP contribution is -2.23. The number of ether oxygens (including phenoxy) is 3. The number of hydrogen-bond acceptors (Lipinski definition) is 6. The Morgan fingerprint density at radius 1 is 1.27 bits per heavy atom. The van der Waals surface area contributed by atoms with Crippen molar-refractivity contribution in [2.75, 3.05) is 21.3 Å². The van der Waals surface area contributed by atoms with Crippen LogP contribution in [0, 0.1) is 0 Å². The van der Waals surface area contributed by atoms with Gasteiger partial charge in [0.1, 0.15) is 5.56 Å². The number of aromatic nitrogens is 3. The summed E-state index contributed by atoms with van der Waals surface area (Å²) in [5.41, 5.74) is 1.89. The number of carbonyl (C=O) groups is 1. The second kappa shape index (κ2) is 7.41. The Morgan fingerprint density at radius 2 is 2.09 bits per heavy atom. The van der Waals surface area contributed by atoms with Gasteiger partial charge in [0, 0.05) is 13.2 Å². The molecule has 0 unspecified atom stereocenters. The molecule has 0 fully saturated rings. The van der Waals surface area contributed by atoms with Gasteiger partial charge in [-0.3, -0.25) is 9.89 Å². The Morgan fingerprint density at radius 3 is 2.77 bits per heavy atom. The maximum atomic E-state index is 12.2. The highest BCUT2D eigenvalue weighted by Crippen LogP contribution is 2.19. The van der Waals surface area contributed by atoms with E-state index in [1.54, 1.807) is 19.2 Å². The van der Waals surface area contributed by atoms with Gasteiger partial charge in [0.15, 0.2) is 0 Å². The van der Waals surface area contributed by atoms with Crippen LogP contribution in [0.2, 0.25) is 0 Å². The zero-order valence-corrected chi connectivity index (χ0v) is 12.7. The number of nitrogens with one attached hydrogen (secondary N) is 2. The van der Waals surface area contributed by atoms with Crippen molar-refractivity contribution >= 4 is 5.91 Å². The lowest BCUT2D eigenvalue weighted by molar-refractivity contribution is 0.0946. The normalized spacial score (nSPS) is 10.3. The number of amides is 1. The van der Waals surface area contributed by atoms with Gasteiger partial charge in [-0.15, -0.1) is 0 Å². The van der Waals surface area contributed by atoms with E-state index in [2.05, 4.69) is 20.5 Å². The average Bonchev–Trinajstić information content (AvgIpc) is 3.00. The molecular weight excluding hydrogens is 288 g/mol. The van der Waals surface area contributed by atoms with Crippen molar-refractivity contribution in [2.45, 2.75) is 13.2 Å². The molecule has 8 nitrogen and oxygen atoms in total. The molecule has 0 radical (unpaired) electrons. The average molecular weight is 306 g/mol. The number of aromatic amines is 1. The molecule has 1 amide bonds. The Bertz CT molecular complexity index is 642. The molecule has 0 saturated heterocycles. The molecule has 0 bridgehead atoms. The summed E-state index contributed by atoms with van der Waals surface area (Å²) >= 11 is 0. The van der Waals surface area contributed by atoms with E-state index < -0.39 is 0 Å². The molecular formula is C14H18N4O4. The molecule has 0 aliphatic heterocycles. The molecule has 0 aliphatic carbocycles. The molecule has 22 heavy (non-hydrogen) atoms. The van der Waals surface area contributed by atoms with Crippen molar-refractivity contribution in [3.8, 4) is 11.8 Å². The largest absolute Gasteiger partial charge is 0.481 e. The Kier molecular flexibility index (Phi) is 5.31. The molecule has 118 valence electrons. The van der Waals surface area contributed by atoms with Crippen LogP contribution < -0.4 is 14.8 Å². The van der Waals surface area contributed by atoms with Gasteiger partial charge in [0.2, 0.25) is 11.8 Å². The van der Waals surface area contributed by atoms with Crippen LogP contribution in [0.15, 0.2) is 18.2 Å². The number of methoxy groups -OCH3 is 3. The molecule has 2 rings (SSSR count). The van der Waals surface area contributed by atoms with E-state index in [1.807, 2.05) is 6.07 Å². The predicted molar refractivity (Wildman–Crippen MR) is 77.8 cm³/mol. The lowest BCUT2D eigenvalue weighted by atomic mass is 10.2. The highest BCUT2D eigenvalue weighted by molar-refractivity contribution is 5.96. The number of H-pyrrole nitrogens is 1. The highest BCUT2D eigenvalue weighted by atomic mass is 16.5. The van der Waals surface area contributed by atoms with Gasteiger partial charge in [0.05, 0.1) is 38.8 Å². The van der Waals surface area contributed by atoms with Crippen molar-refractivity contribution in [3.63, 3.8) is 0 Å². The van der Waals surface area contributed by atoms with Crippen molar-refractivity contribution < 1.29 is 19.0 Å². The van der Waals surface area contributed by atoms with Gasteiger partial charge in [-0.25, -0.2) is 0 Å². The smallest absolute Gasteiger partial charge is 0.257 e. The fraction of sp³-hybridized carbons (Fsp3) is 0.357. The molecule has 2 aromatic heterocycles. The summed E-state index contributed by atoms with van der Waals surface area (Å²) in [4.78, 5) is 16.3. The van der Waals surface area contributed by atoms with Gasteiger partial charge < -0.3 is 19.5 Å². The fourth-order valence-electron chi connectivity index (χ4n) is 1.86. The molecule has 8 heteroatoms. The Balaban J connectivity index is 2.02. The summed E-state index contributed by atoms with van der Waals surface area (Å²) in [5.74, 6) is 0.294. The van der Waals surface area contributed by atoms with Gasteiger partial charge in [-0.1, -0.05) is 0 Å². The predicted octanol–water partition coefficient (Wildman–Crippen LogP) is 0.898. The molecule has 0 aromatic carbocycles. The van der Waals surface area contributed by atoms with Gasteiger partial charge in [-0.05, 0) is 12.1 Å². The van der Waals surface area contributed by atoms with Crippen LogP contribution in [-0.4, -0.2) is 42.4 Å². The van der Waals surface area contributed by atoms with Crippen LogP contribution in [0.1, 0.15) is 21.7 Å². The summed E-state index contributed by atoms with van der Waals surface area (Å²) in [6.45, 7) is 0.728. The van der Waals surface area contributed by atoms with Crippen LogP contribution in [0.3, 0.4) is 0 Å². The molecule has 0 saturated carbocycles. The van der Waals surface area contributed by atoms with E-state index in [9.17, 15) is 4.79 Å². The van der Waals surface area contributed by atoms with Crippen molar-refractivity contribution in [3.05, 3.63) is 35.2 Å². The fourth-order valence-corrected chi connectivity index (χ4v) is 1.86. The summed E-state index contributed by atoms with van der Waals surface area (Å²) in [7, 11) is 4.54. The minimum atomic E-state index is -0.296. The topological polar surface area (TPSA) is 98.4 Å². The minimum Gasteiger partial charge on any atom is -0.481 e. The molecule has 2 N–H and O–H groups in total. The van der Waals surface area contributed by atoms with Crippen LogP contribution in [-0.2, 0) is 17.9 Å². The van der Waals surface area contributed by atoms with E-state index in [1.165, 1.54) is 14.2 Å². The summed E-state index contributed by atoms with van der Waals surface area (Å²) in [6, 6.07) is 5.03. The quantitative estimate of drug-likeness (QED) is 0.788. The third kappa shape index (κ3) is 3.73. The second-order valence-electron chi connectivity index (χ2n) is 4.41. The van der Waals surface area contributed by atoms with Gasteiger partial charge in [-0.2, -0.15) is 10.1 Å². The third-order valence-corrected chi connectivity index (χ3v) is 2.90. The monoisotopic (exact) mass is 306 g/mol. The second-order valence-corrected chi connectivity index (χ2v) is 4.41. The molecule has 2 aromatic rings. The molecule has 2 heterocycles. The van der Waals surface area contributed by atoms with E-state index in [-0.39, 0.29) is 11.8 Å². The molecule has 0 aliphatic rings. The SMILES string of the molecule is COCc1cc(CNC(=O)c2ccc(OC)nc2OC)[nH]n1. The van der Waals surface area contributed by atoms with E-state index in [4.69, 9.17) is 14.2 Å². The zero-order chi connectivity index (χ0) is 15.9. The van der Waals surface area contributed by atoms with E-state index in [0.717, 1.165) is 11.4 Å². The maximum Gasteiger partial charge on any atom is 0.257 e. The van der Waals surface area contributed by atoms with Crippen LogP contribution in [0.5, 0.6) is 11.8 Å². The Hall–Kier alpha value is -2.61. The van der Waals surface area contributed by atoms with Crippen LogP contribution in [0.25, 0.3) is 0 Å². The molecule has 0 spiro atoms. The number of pyridine rings is 1. The van der Waals surface area contributed by atoms with Crippen LogP contribution in [0.4, 0.5) is 0 Å². The number of hydrogen-bond donors (Lipinski definition) is 2. The summed E-state index contributed by atoms with van der Waals surface area (Å²) in [5, 5.41) is 9.66. The summed E-state index contributed by atoms with van der Waals surface area (Å²) < 4.78 is 15.1. The third-order valence-electron chi connectivity index (χ3n) is 2.90. The first-order chi connectivity index (χ1) is 10.7. The first-order valence-electron chi connectivity index (χ1n) is 6.57. The number of rotatable bonds is 7. The Labute approximate surface area is 127 Å². The number of nitrogens with zero attached hydrogens (tertiary/aromatic N) is 2. The highest BCUT2D eigenvalue weighted by Gasteiger charge is 2.15. The summed E-state index contributed by atoms with van der Waals surface area (Å²) in [6.07, 6.45) is 0. The van der Waals surface area contributed by atoms with Crippen molar-refractivity contribution in [2.24, 2.45) is 0 Å². The van der Waals surface area contributed by atoms with Gasteiger partial charge in [0.25, 0.3) is 5.91 Å². The lowest BCUT2D eigenvalue weighted by Gasteiger charge is -2.09. The van der Waals surface area contributed by atoms with Crippen molar-refractivity contribution in [1.82, 2.24) is 20.5 Å². The van der Waals surface area contributed by atoms with E-state index >= 15 is 0 Å². The number of carbonyl (C=O) groups excluding carboxylic acids is 1. The molecule has 0 atom stereocenters. The first-order valence-corrected chi connectivity index (χ1v) is 6.57. The van der Waals surface area contributed by atoms with Gasteiger partial charge >= 0.3 is 0 Å². The maximum absolute atomic E-state index is 12.2. The van der Waals surface area contributed by atoms with Crippen molar-refractivity contribution in [1.29, 1.82) is 0 Å². The zero-order valence-electron chi connectivity index (χ0n) is 12.7. The van der Waals surface area contributed by atoms with Crippen LogP contribution >= 0.6 is 0 Å².